The molecule has 0 bridgehead atoms. The molecular formula is C9H8ClNO4. The molecule has 1 aromatic rings. The lowest BCUT2D eigenvalue weighted by Gasteiger charge is -2.06. The van der Waals surface area contributed by atoms with Crippen LogP contribution < -0.4 is 4.74 Å². The molecule has 6 heteroatoms. The Morgan fingerprint density at radius 3 is 2.53 bits per heavy atom. The molecule has 15 heavy (non-hydrogen) atoms. The van der Waals surface area contributed by atoms with Crippen molar-refractivity contribution in [3.63, 3.8) is 0 Å². The van der Waals surface area contributed by atoms with Gasteiger partial charge in [0.2, 0.25) is 5.75 Å². The molecule has 0 N–H and O–H groups in total. The van der Waals surface area contributed by atoms with E-state index in [1.165, 1.54) is 26.2 Å². The largest absolute Gasteiger partial charge is 0.489 e. The summed E-state index contributed by atoms with van der Waals surface area (Å²) in [6.45, 7) is 1.25. The minimum absolute atomic E-state index is 0.0127. The SMILES string of the molecule is COc1c(Cl)ccc(C(C)=O)c1[N+](=O)[O-]. The molecule has 5 nitrogen and oxygen atoms in total. The van der Waals surface area contributed by atoms with Crippen molar-refractivity contribution in [2.45, 2.75) is 6.92 Å². The number of benzene rings is 1. The number of nitro groups is 1. The van der Waals surface area contributed by atoms with Crippen molar-refractivity contribution in [3.05, 3.63) is 32.8 Å². The summed E-state index contributed by atoms with van der Waals surface area (Å²) in [6.07, 6.45) is 0. The third-order valence-corrected chi connectivity index (χ3v) is 2.15. The monoisotopic (exact) mass is 229 g/mol. The van der Waals surface area contributed by atoms with Crippen LogP contribution in [-0.4, -0.2) is 17.8 Å². The molecule has 0 amide bonds. The number of Topliss-reactive ketones (excluding diaryl/α,β-unsaturated/α-hetero) is 1. The maximum atomic E-state index is 11.1. The average Bonchev–Trinajstić information content (AvgIpc) is 2.16. The summed E-state index contributed by atoms with van der Waals surface area (Å²) in [5, 5.41) is 10.9. The quantitative estimate of drug-likeness (QED) is 0.454. The van der Waals surface area contributed by atoms with E-state index in [0.29, 0.717) is 0 Å². The third kappa shape index (κ3) is 2.07. The number of rotatable bonds is 3. The Kier molecular flexibility index (Phi) is 3.26. The molecule has 1 rings (SSSR count). The normalized spacial score (nSPS) is 9.80. The number of carbonyl (C=O) groups is 1. The second-order valence-corrected chi connectivity index (χ2v) is 3.20. The van der Waals surface area contributed by atoms with Crippen LogP contribution in [-0.2, 0) is 0 Å². The average molecular weight is 230 g/mol. The number of carbonyl (C=O) groups excluding carboxylic acids is 1. The fraction of sp³-hybridized carbons (Fsp3) is 0.222. The smallest absolute Gasteiger partial charge is 0.323 e. The molecule has 0 aliphatic heterocycles. The summed E-state index contributed by atoms with van der Waals surface area (Å²) >= 11 is 5.71. The lowest BCUT2D eigenvalue weighted by molar-refractivity contribution is -0.386. The maximum Gasteiger partial charge on any atom is 0.323 e. The second-order valence-electron chi connectivity index (χ2n) is 2.79. The Balaban J connectivity index is 3.56. The van der Waals surface area contributed by atoms with Crippen LogP contribution >= 0.6 is 11.6 Å². The van der Waals surface area contributed by atoms with E-state index in [-0.39, 0.29) is 16.3 Å². The molecule has 0 heterocycles. The van der Waals surface area contributed by atoms with Crippen LogP contribution in [0, 0.1) is 10.1 Å². The number of nitro benzene ring substituents is 1. The first kappa shape index (κ1) is 11.5. The first-order valence-corrected chi connectivity index (χ1v) is 4.38. The second kappa shape index (κ2) is 4.27. The highest BCUT2D eigenvalue weighted by Gasteiger charge is 2.25. The van der Waals surface area contributed by atoms with Gasteiger partial charge in [0.05, 0.1) is 22.6 Å². The summed E-state index contributed by atoms with van der Waals surface area (Å²) in [5.74, 6) is -0.494. The van der Waals surface area contributed by atoms with Crippen LogP contribution in [0.1, 0.15) is 17.3 Å². The van der Waals surface area contributed by atoms with Crippen LogP contribution in [0.4, 0.5) is 5.69 Å². The lowest BCUT2D eigenvalue weighted by Crippen LogP contribution is -2.02. The molecule has 1 aromatic carbocycles. The fourth-order valence-electron chi connectivity index (χ4n) is 1.21. The summed E-state index contributed by atoms with van der Waals surface area (Å²) < 4.78 is 4.80. The van der Waals surface area contributed by atoms with Crippen LogP contribution in [0.25, 0.3) is 0 Å². The summed E-state index contributed by atoms with van der Waals surface area (Å²) in [6, 6.07) is 2.70. The zero-order chi connectivity index (χ0) is 11.6. The molecule has 0 aliphatic carbocycles. The number of ketones is 1. The third-order valence-electron chi connectivity index (χ3n) is 1.85. The lowest BCUT2D eigenvalue weighted by atomic mass is 10.1. The Morgan fingerprint density at radius 2 is 2.13 bits per heavy atom. The van der Waals surface area contributed by atoms with E-state index in [9.17, 15) is 14.9 Å². The number of methoxy groups -OCH3 is 1. The van der Waals surface area contributed by atoms with Gasteiger partial charge in [0.1, 0.15) is 0 Å². The topological polar surface area (TPSA) is 69.4 Å². The predicted octanol–water partition coefficient (Wildman–Crippen LogP) is 2.46. The molecule has 0 spiro atoms. The summed E-state index contributed by atoms with van der Waals surface area (Å²) in [7, 11) is 1.26. The van der Waals surface area contributed by atoms with E-state index >= 15 is 0 Å². The van der Waals surface area contributed by atoms with Gasteiger partial charge in [0.25, 0.3) is 0 Å². The van der Waals surface area contributed by atoms with Crippen LogP contribution in [0.3, 0.4) is 0 Å². The van der Waals surface area contributed by atoms with E-state index < -0.39 is 16.4 Å². The Labute approximate surface area is 90.8 Å². The number of hydrogen-bond donors (Lipinski definition) is 0. The zero-order valence-electron chi connectivity index (χ0n) is 8.11. The highest BCUT2D eigenvalue weighted by atomic mass is 35.5. The molecule has 0 atom stereocenters. The zero-order valence-corrected chi connectivity index (χ0v) is 8.87. The van der Waals surface area contributed by atoms with Crippen molar-refractivity contribution in [3.8, 4) is 5.75 Å². The molecule has 0 radical (unpaired) electrons. The minimum Gasteiger partial charge on any atom is -0.489 e. The Hall–Kier alpha value is -1.62. The maximum absolute atomic E-state index is 11.1. The van der Waals surface area contributed by atoms with Gasteiger partial charge in [0.15, 0.2) is 5.78 Å². The van der Waals surface area contributed by atoms with Gasteiger partial charge < -0.3 is 4.74 Å². The van der Waals surface area contributed by atoms with E-state index in [1.54, 1.807) is 0 Å². The summed E-state index contributed by atoms with van der Waals surface area (Å²) in [4.78, 5) is 21.2. The van der Waals surface area contributed by atoms with Gasteiger partial charge in [-0.3, -0.25) is 14.9 Å². The fourth-order valence-corrected chi connectivity index (χ4v) is 1.44. The van der Waals surface area contributed by atoms with Gasteiger partial charge >= 0.3 is 5.69 Å². The first-order valence-electron chi connectivity index (χ1n) is 4.00. The standard InChI is InChI=1S/C9H8ClNO4/c1-5(12)6-3-4-7(10)9(15-2)8(6)11(13)14/h3-4H,1-2H3. The Bertz CT molecular complexity index is 430. The van der Waals surface area contributed by atoms with Crippen LogP contribution in [0.15, 0.2) is 12.1 Å². The van der Waals surface area contributed by atoms with Gasteiger partial charge in [-0.2, -0.15) is 0 Å². The van der Waals surface area contributed by atoms with E-state index in [2.05, 4.69) is 0 Å². The van der Waals surface area contributed by atoms with Gasteiger partial charge in [-0.15, -0.1) is 0 Å². The number of nitrogens with zero attached hydrogens (tertiary/aromatic N) is 1. The molecule has 0 aromatic heterocycles. The van der Waals surface area contributed by atoms with Crippen molar-refractivity contribution in [2.75, 3.05) is 7.11 Å². The van der Waals surface area contributed by atoms with Crippen molar-refractivity contribution in [1.29, 1.82) is 0 Å². The highest BCUT2D eigenvalue weighted by molar-refractivity contribution is 6.32. The van der Waals surface area contributed by atoms with Crippen molar-refractivity contribution < 1.29 is 14.5 Å². The van der Waals surface area contributed by atoms with E-state index in [1.807, 2.05) is 0 Å². The molecule has 0 saturated heterocycles. The van der Waals surface area contributed by atoms with Gasteiger partial charge in [-0.25, -0.2) is 0 Å². The Morgan fingerprint density at radius 1 is 1.53 bits per heavy atom. The van der Waals surface area contributed by atoms with E-state index in [0.717, 1.165) is 0 Å². The van der Waals surface area contributed by atoms with Crippen molar-refractivity contribution in [2.24, 2.45) is 0 Å². The number of hydrogen-bond acceptors (Lipinski definition) is 4. The predicted molar refractivity (Wildman–Crippen MR) is 54.7 cm³/mol. The van der Waals surface area contributed by atoms with Crippen molar-refractivity contribution in [1.82, 2.24) is 0 Å². The van der Waals surface area contributed by atoms with E-state index in [4.69, 9.17) is 16.3 Å². The molecule has 80 valence electrons. The van der Waals surface area contributed by atoms with Gasteiger partial charge in [0, 0.05) is 0 Å². The first-order chi connectivity index (χ1) is 6.99. The van der Waals surface area contributed by atoms with Gasteiger partial charge in [-0.05, 0) is 19.1 Å². The molecule has 0 fully saturated rings. The van der Waals surface area contributed by atoms with Crippen LogP contribution in [0.5, 0.6) is 5.75 Å². The molecular weight excluding hydrogens is 222 g/mol. The van der Waals surface area contributed by atoms with Gasteiger partial charge in [-0.1, -0.05) is 11.6 Å². The molecule has 0 unspecified atom stereocenters. The number of ether oxygens (including phenoxy) is 1. The molecule has 0 aliphatic rings. The highest BCUT2D eigenvalue weighted by Crippen LogP contribution is 2.37. The summed E-state index contributed by atoms with van der Waals surface area (Å²) in [5.41, 5.74) is -0.404. The van der Waals surface area contributed by atoms with Crippen LogP contribution in [0.2, 0.25) is 5.02 Å². The minimum atomic E-state index is -0.679. The number of halogens is 1. The van der Waals surface area contributed by atoms with Crippen molar-refractivity contribution >= 4 is 23.1 Å². The molecule has 0 saturated carbocycles.